The van der Waals surface area contributed by atoms with Gasteiger partial charge in [-0.05, 0) is 131 Å². The number of alkyl halides is 3. The Morgan fingerprint density at radius 1 is 0.939 bits per heavy atom. The number of nitrogens with one attached hydrogen (secondary N) is 2. The van der Waals surface area contributed by atoms with E-state index >= 15 is 0 Å². The third-order valence-corrected chi connectivity index (χ3v) is 17.7. The van der Waals surface area contributed by atoms with Gasteiger partial charge in [0.15, 0.2) is 9.84 Å². The molecule has 2 amide bonds. The van der Waals surface area contributed by atoms with Crippen molar-refractivity contribution in [1.29, 1.82) is 0 Å². The zero-order valence-electron chi connectivity index (χ0n) is 38.0. The number of imide groups is 1. The molecule has 6 heterocycles. The molecule has 2 aromatic carbocycles. The number of imidazole rings is 1. The van der Waals surface area contributed by atoms with Crippen LogP contribution in [0.15, 0.2) is 52.3 Å². The second kappa shape index (κ2) is 17.3. The van der Waals surface area contributed by atoms with Gasteiger partial charge in [-0.15, -0.1) is 0 Å². The summed E-state index contributed by atoms with van der Waals surface area (Å²) >= 11 is 0. The molecular formula is C47H60F3N9O6S. The van der Waals surface area contributed by atoms with Crippen molar-refractivity contribution in [1.82, 2.24) is 29.3 Å². The lowest BCUT2D eigenvalue weighted by Gasteiger charge is -2.52. The number of fused-ring (bicyclic) bond motifs is 1. The number of hydrogen-bond acceptors (Lipinski definition) is 12. The number of aryl methyl sites for hydroxylation is 2. The van der Waals surface area contributed by atoms with Gasteiger partial charge in [0.1, 0.15) is 17.4 Å². The Balaban J connectivity index is 0.774. The fourth-order valence-corrected chi connectivity index (χ4v) is 13.3. The maximum absolute atomic E-state index is 14.1. The van der Waals surface area contributed by atoms with Crippen LogP contribution in [0.2, 0.25) is 0 Å². The van der Waals surface area contributed by atoms with E-state index in [1.807, 2.05) is 32.0 Å². The number of aliphatic hydroxyl groups is 1. The maximum Gasteiger partial charge on any atom is 0.421 e. The number of piperidine rings is 4. The van der Waals surface area contributed by atoms with Gasteiger partial charge in [-0.25, -0.2) is 18.2 Å². The fraction of sp³-hybridized carbons (Fsp3) is 0.596. The van der Waals surface area contributed by atoms with Crippen molar-refractivity contribution in [2.45, 2.75) is 113 Å². The van der Waals surface area contributed by atoms with Crippen molar-refractivity contribution in [3.05, 3.63) is 64.2 Å². The van der Waals surface area contributed by atoms with Crippen LogP contribution in [0.25, 0.3) is 11.0 Å². The number of likely N-dealkylation sites (tertiary alicyclic amines) is 1. The van der Waals surface area contributed by atoms with E-state index in [-0.39, 0.29) is 65.5 Å². The van der Waals surface area contributed by atoms with Gasteiger partial charge in [0, 0.05) is 58.1 Å². The van der Waals surface area contributed by atoms with Crippen molar-refractivity contribution < 1.29 is 36.3 Å². The molecule has 1 aliphatic carbocycles. The predicted molar refractivity (Wildman–Crippen MR) is 245 cm³/mol. The summed E-state index contributed by atoms with van der Waals surface area (Å²) in [5.41, 5.74) is 1.35. The van der Waals surface area contributed by atoms with E-state index in [2.05, 4.69) is 30.4 Å². The molecule has 356 valence electrons. The number of sulfone groups is 1. The molecule has 5 aliphatic rings. The Kier molecular flexibility index (Phi) is 12.1. The van der Waals surface area contributed by atoms with E-state index in [0.717, 1.165) is 75.8 Å². The average Bonchev–Trinajstić information content (AvgIpc) is 3.52. The van der Waals surface area contributed by atoms with E-state index < -0.39 is 44.4 Å². The fourth-order valence-electron chi connectivity index (χ4n) is 11.2. The number of rotatable bonds is 10. The van der Waals surface area contributed by atoms with Gasteiger partial charge in [-0.3, -0.25) is 24.0 Å². The third-order valence-electron chi connectivity index (χ3n) is 15.6. The largest absolute Gasteiger partial charge is 0.421 e. The SMILES string of the molecule is Cc1cc(S(=O)(=O)C2CC3(CCN(CC4CCN(c5cccc6c5n(C)c(=O)n6C5CCC(=O)NC5=O)CC4)CC3)C2)ccc1Nc1ncc(C(F)(F)F)c(N2CCC(O)(C(C)C)CC2)n1. The number of amides is 2. The zero-order valence-corrected chi connectivity index (χ0v) is 38.8. The van der Waals surface area contributed by atoms with Crippen LogP contribution in [-0.4, -0.2) is 106 Å². The molecule has 2 aromatic heterocycles. The number of aromatic nitrogens is 4. The van der Waals surface area contributed by atoms with Gasteiger partial charge in [0.2, 0.25) is 17.8 Å². The van der Waals surface area contributed by atoms with Crippen molar-refractivity contribution in [2.24, 2.45) is 24.3 Å². The highest BCUT2D eigenvalue weighted by molar-refractivity contribution is 7.92. The van der Waals surface area contributed by atoms with Gasteiger partial charge >= 0.3 is 11.9 Å². The van der Waals surface area contributed by atoms with Crippen LogP contribution >= 0.6 is 0 Å². The number of para-hydroxylation sites is 1. The molecule has 66 heavy (non-hydrogen) atoms. The molecule has 1 atom stereocenters. The van der Waals surface area contributed by atoms with Crippen LogP contribution < -0.4 is 26.1 Å². The molecule has 0 bridgehead atoms. The van der Waals surface area contributed by atoms with Crippen LogP contribution in [0, 0.1) is 24.2 Å². The van der Waals surface area contributed by atoms with Crippen LogP contribution in [0.1, 0.15) is 95.2 Å². The summed E-state index contributed by atoms with van der Waals surface area (Å²) in [7, 11) is -1.89. The molecule has 1 unspecified atom stereocenters. The molecule has 0 radical (unpaired) electrons. The van der Waals surface area contributed by atoms with Crippen LogP contribution in [0.5, 0.6) is 0 Å². The monoisotopic (exact) mass is 935 g/mol. The molecule has 1 spiro atoms. The molecule has 3 N–H and O–H groups in total. The molecule has 5 fully saturated rings. The molecule has 4 aliphatic heterocycles. The van der Waals surface area contributed by atoms with E-state index in [1.54, 1.807) is 41.6 Å². The second-order valence-corrected chi connectivity index (χ2v) is 22.1. The lowest BCUT2D eigenvalue weighted by molar-refractivity contribution is -0.138. The Hall–Kier alpha value is -5.01. The average molecular weight is 936 g/mol. The standard InChI is InChI=1S/C47H60F3N9O6S/c1-29(2)46(63)16-22-58(23-17-46)41-34(47(48,49)50)27-51-43(54-41)52-35-9-8-32(24-30(35)3)66(64,65)33-25-45(26-33)14-20-56(21-15-45)28-31-12-18-57(19-13-31)36-6-5-7-37-40(36)55(4)44(62)59(37)38-10-11-39(60)53-42(38)61/h5-9,24,27,29,31,33,38,63H,10-23,25-26,28H2,1-4H3,(H,51,52,54)(H,53,60,61). The van der Waals surface area contributed by atoms with Crippen LogP contribution in [0.4, 0.5) is 36.3 Å². The van der Waals surface area contributed by atoms with Crippen molar-refractivity contribution in [3.63, 3.8) is 0 Å². The van der Waals surface area contributed by atoms with Crippen molar-refractivity contribution in [3.8, 4) is 0 Å². The van der Waals surface area contributed by atoms with Gasteiger partial charge in [0.25, 0.3) is 0 Å². The Bertz CT molecular complexity index is 2690. The summed E-state index contributed by atoms with van der Waals surface area (Å²) in [6.07, 6.45) is 2.32. The normalized spacial score (nSPS) is 22.3. The first-order valence-electron chi connectivity index (χ1n) is 23.3. The quantitative estimate of drug-likeness (QED) is 0.156. The minimum Gasteiger partial charge on any atom is -0.389 e. The molecule has 1 saturated carbocycles. The molecule has 4 saturated heterocycles. The van der Waals surface area contributed by atoms with Gasteiger partial charge in [-0.2, -0.15) is 18.2 Å². The summed E-state index contributed by atoms with van der Waals surface area (Å²) in [5.74, 6) is -0.588. The Morgan fingerprint density at radius 2 is 1.64 bits per heavy atom. The summed E-state index contributed by atoms with van der Waals surface area (Å²) in [5, 5.41) is 15.8. The van der Waals surface area contributed by atoms with Crippen molar-refractivity contribution in [2.75, 3.05) is 60.9 Å². The second-order valence-electron chi connectivity index (χ2n) is 19.9. The number of hydrogen-bond donors (Lipinski definition) is 3. The maximum atomic E-state index is 14.1. The topological polar surface area (TPSA) is 175 Å². The number of carbonyl (C=O) groups excluding carboxylic acids is 2. The summed E-state index contributed by atoms with van der Waals surface area (Å²) < 4.78 is 73.2. The van der Waals surface area contributed by atoms with Gasteiger partial charge in [-0.1, -0.05) is 19.9 Å². The van der Waals surface area contributed by atoms with E-state index in [0.29, 0.717) is 48.4 Å². The lowest BCUT2D eigenvalue weighted by atomic mass is 9.63. The number of benzene rings is 2. The van der Waals surface area contributed by atoms with E-state index in [1.165, 1.54) is 4.57 Å². The minimum atomic E-state index is -4.68. The number of halogens is 3. The smallest absolute Gasteiger partial charge is 0.389 e. The summed E-state index contributed by atoms with van der Waals surface area (Å²) in [6.45, 7) is 10.5. The minimum absolute atomic E-state index is 0.00639. The number of carbonyl (C=O) groups is 2. The molecule has 4 aromatic rings. The molecular weight excluding hydrogens is 876 g/mol. The Labute approximate surface area is 382 Å². The third kappa shape index (κ3) is 8.59. The first-order chi connectivity index (χ1) is 31.2. The zero-order chi connectivity index (χ0) is 46.9. The highest BCUT2D eigenvalue weighted by atomic mass is 32.2. The Morgan fingerprint density at radius 3 is 2.27 bits per heavy atom. The van der Waals surface area contributed by atoms with E-state index in [4.69, 9.17) is 0 Å². The summed E-state index contributed by atoms with van der Waals surface area (Å²) in [4.78, 5) is 52.9. The summed E-state index contributed by atoms with van der Waals surface area (Å²) in [6, 6.07) is 9.86. The molecule has 15 nitrogen and oxygen atoms in total. The van der Waals surface area contributed by atoms with E-state index in [9.17, 15) is 41.1 Å². The predicted octanol–water partition coefficient (Wildman–Crippen LogP) is 6.10. The number of anilines is 4. The lowest BCUT2D eigenvalue weighted by Crippen LogP contribution is -2.52. The van der Waals surface area contributed by atoms with Gasteiger partial charge in [0.05, 0.1) is 32.5 Å². The first-order valence-corrected chi connectivity index (χ1v) is 24.8. The highest BCUT2D eigenvalue weighted by Crippen LogP contribution is 2.53. The number of nitrogens with zero attached hydrogens (tertiary/aromatic N) is 7. The van der Waals surface area contributed by atoms with Crippen LogP contribution in [-0.2, 0) is 32.7 Å². The highest BCUT2D eigenvalue weighted by Gasteiger charge is 2.51. The first kappa shape index (κ1) is 46.1. The molecule has 19 heteroatoms. The molecule has 9 rings (SSSR count). The van der Waals surface area contributed by atoms with Gasteiger partial charge < -0.3 is 25.1 Å². The van der Waals surface area contributed by atoms with Crippen LogP contribution in [0.3, 0.4) is 0 Å². The van der Waals surface area contributed by atoms with Crippen molar-refractivity contribution >= 4 is 55.8 Å².